The minimum atomic E-state index is -0.113. The van der Waals surface area contributed by atoms with Gasteiger partial charge < -0.3 is 15.4 Å². The molecule has 0 atom stereocenters. The van der Waals surface area contributed by atoms with Crippen LogP contribution in [-0.4, -0.2) is 36.0 Å². The molecule has 1 aromatic carbocycles. The van der Waals surface area contributed by atoms with Crippen LogP contribution in [0.2, 0.25) is 0 Å². The zero-order valence-electron chi connectivity index (χ0n) is 11.7. The van der Waals surface area contributed by atoms with Gasteiger partial charge in [0.05, 0.1) is 6.54 Å². The van der Waals surface area contributed by atoms with Crippen molar-refractivity contribution >= 4 is 29.7 Å². The lowest BCUT2D eigenvalue weighted by Gasteiger charge is -2.16. The summed E-state index contributed by atoms with van der Waals surface area (Å²) in [6.45, 7) is 1.31. The second-order valence-corrected chi connectivity index (χ2v) is 5.16. The number of nitrogens with zero attached hydrogens (tertiary/aromatic N) is 2. The molecule has 0 bridgehead atoms. The Balaban J connectivity index is 0.00000220. The van der Waals surface area contributed by atoms with Crippen LogP contribution in [0.15, 0.2) is 35.7 Å². The Bertz CT molecular complexity index is 562. The lowest BCUT2D eigenvalue weighted by Crippen LogP contribution is -2.31. The molecule has 0 unspecified atom stereocenters. The van der Waals surface area contributed by atoms with Crippen LogP contribution in [0.4, 0.5) is 0 Å². The molecule has 2 N–H and O–H groups in total. The number of ether oxygens (including phenoxy) is 1. The number of aromatic nitrogens is 1. The van der Waals surface area contributed by atoms with Crippen molar-refractivity contribution in [1.29, 1.82) is 0 Å². The Morgan fingerprint density at radius 1 is 1.38 bits per heavy atom. The van der Waals surface area contributed by atoms with Gasteiger partial charge in [0, 0.05) is 19.0 Å². The molecule has 0 aliphatic carbocycles. The fourth-order valence-electron chi connectivity index (χ4n) is 1.62. The van der Waals surface area contributed by atoms with E-state index in [1.807, 2.05) is 30.3 Å². The molecule has 114 valence electrons. The number of nitrogens with two attached hydrogens (primary N) is 1. The van der Waals surface area contributed by atoms with Crippen LogP contribution >= 0.6 is 23.7 Å². The Kier molecular flexibility index (Phi) is 7.14. The van der Waals surface area contributed by atoms with Gasteiger partial charge in [-0.05, 0) is 12.1 Å². The molecular weight excluding hydrogens is 310 g/mol. The molecule has 0 aliphatic heterocycles. The van der Waals surface area contributed by atoms with E-state index in [4.69, 9.17) is 10.5 Å². The van der Waals surface area contributed by atoms with Gasteiger partial charge in [-0.15, -0.1) is 23.7 Å². The molecule has 0 fully saturated rings. The van der Waals surface area contributed by atoms with Crippen molar-refractivity contribution < 1.29 is 9.53 Å². The van der Waals surface area contributed by atoms with Gasteiger partial charge >= 0.3 is 0 Å². The maximum Gasteiger partial charge on any atom is 0.273 e. The molecular formula is C14H18ClN3O2S. The van der Waals surface area contributed by atoms with Gasteiger partial charge in [0.1, 0.15) is 23.1 Å². The first-order chi connectivity index (χ1) is 9.70. The molecule has 0 saturated heterocycles. The van der Waals surface area contributed by atoms with E-state index in [0.717, 1.165) is 10.8 Å². The number of hydrogen-bond donors (Lipinski definition) is 1. The molecule has 2 aromatic rings. The van der Waals surface area contributed by atoms with E-state index in [1.54, 1.807) is 17.3 Å². The van der Waals surface area contributed by atoms with Crippen LogP contribution in [0.3, 0.4) is 0 Å². The van der Waals surface area contributed by atoms with Crippen LogP contribution in [0.1, 0.15) is 15.5 Å². The zero-order chi connectivity index (χ0) is 14.4. The van der Waals surface area contributed by atoms with Gasteiger partial charge in [-0.25, -0.2) is 4.98 Å². The summed E-state index contributed by atoms with van der Waals surface area (Å²) in [6.07, 6.45) is 0. The monoisotopic (exact) mass is 327 g/mol. The summed E-state index contributed by atoms with van der Waals surface area (Å²) < 4.78 is 5.56. The molecule has 7 heteroatoms. The van der Waals surface area contributed by atoms with Gasteiger partial charge in [0.15, 0.2) is 0 Å². The van der Waals surface area contributed by atoms with Gasteiger partial charge in [0.2, 0.25) is 0 Å². The number of benzene rings is 1. The lowest BCUT2D eigenvalue weighted by atomic mass is 10.3. The third-order valence-corrected chi connectivity index (χ3v) is 3.60. The SMILES string of the molecule is CN(CCOc1ccccc1)C(=O)c1csc(CN)n1.Cl. The Hall–Kier alpha value is -1.63. The van der Waals surface area contributed by atoms with E-state index < -0.39 is 0 Å². The second-order valence-electron chi connectivity index (χ2n) is 4.22. The summed E-state index contributed by atoms with van der Waals surface area (Å²) in [5.74, 6) is 0.685. The van der Waals surface area contributed by atoms with Crippen molar-refractivity contribution in [3.8, 4) is 5.75 Å². The quantitative estimate of drug-likeness (QED) is 0.883. The Labute approximate surface area is 134 Å². The highest BCUT2D eigenvalue weighted by molar-refractivity contribution is 7.09. The third kappa shape index (κ3) is 5.00. The van der Waals surface area contributed by atoms with Crippen LogP contribution in [0, 0.1) is 0 Å². The van der Waals surface area contributed by atoms with Crippen LogP contribution in [0.25, 0.3) is 0 Å². The molecule has 5 nitrogen and oxygen atoms in total. The van der Waals surface area contributed by atoms with Crippen LogP contribution in [0.5, 0.6) is 5.75 Å². The van der Waals surface area contributed by atoms with Crippen LogP contribution < -0.4 is 10.5 Å². The summed E-state index contributed by atoms with van der Waals surface area (Å²) in [7, 11) is 1.73. The minimum Gasteiger partial charge on any atom is -0.492 e. The zero-order valence-corrected chi connectivity index (χ0v) is 13.3. The summed E-state index contributed by atoms with van der Waals surface area (Å²) >= 11 is 1.40. The topological polar surface area (TPSA) is 68.5 Å². The molecule has 1 amide bonds. The Morgan fingerprint density at radius 2 is 2.10 bits per heavy atom. The highest BCUT2D eigenvalue weighted by atomic mass is 35.5. The number of carbonyl (C=O) groups excluding carboxylic acids is 1. The molecule has 0 aliphatic rings. The van der Waals surface area contributed by atoms with E-state index >= 15 is 0 Å². The van der Waals surface area contributed by atoms with E-state index in [2.05, 4.69) is 4.98 Å². The first kappa shape index (κ1) is 17.4. The van der Waals surface area contributed by atoms with E-state index in [-0.39, 0.29) is 18.3 Å². The number of amides is 1. The predicted molar refractivity (Wildman–Crippen MR) is 86.2 cm³/mol. The number of rotatable bonds is 6. The normalized spacial score (nSPS) is 9.81. The van der Waals surface area contributed by atoms with Gasteiger partial charge in [0.25, 0.3) is 5.91 Å². The third-order valence-electron chi connectivity index (χ3n) is 2.73. The molecule has 1 heterocycles. The maximum atomic E-state index is 12.1. The predicted octanol–water partition coefficient (Wildman–Crippen LogP) is 2.17. The molecule has 0 saturated carbocycles. The summed E-state index contributed by atoms with van der Waals surface area (Å²) in [5.41, 5.74) is 5.93. The number of thiazole rings is 1. The first-order valence-corrected chi connectivity index (χ1v) is 7.16. The van der Waals surface area contributed by atoms with Crippen molar-refractivity contribution in [2.24, 2.45) is 5.73 Å². The average Bonchev–Trinajstić information content (AvgIpc) is 2.96. The average molecular weight is 328 g/mol. The van der Waals surface area contributed by atoms with Crippen molar-refractivity contribution in [1.82, 2.24) is 9.88 Å². The summed E-state index contributed by atoms with van der Waals surface area (Å²) in [4.78, 5) is 17.9. The fourth-order valence-corrected chi connectivity index (χ4v) is 2.27. The largest absolute Gasteiger partial charge is 0.492 e. The van der Waals surface area contributed by atoms with Crippen LogP contribution in [-0.2, 0) is 6.54 Å². The van der Waals surface area contributed by atoms with Gasteiger partial charge in [-0.2, -0.15) is 0 Å². The van der Waals surface area contributed by atoms with Crippen molar-refractivity contribution in [2.45, 2.75) is 6.54 Å². The molecule has 0 spiro atoms. The fraction of sp³-hybridized carbons (Fsp3) is 0.286. The van der Waals surface area contributed by atoms with Gasteiger partial charge in [-0.3, -0.25) is 4.79 Å². The van der Waals surface area contributed by atoms with E-state index in [9.17, 15) is 4.79 Å². The van der Waals surface area contributed by atoms with E-state index in [1.165, 1.54) is 11.3 Å². The highest BCUT2D eigenvalue weighted by Gasteiger charge is 2.14. The van der Waals surface area contributed by atoms with E-state index in [0.29, 0.717) is 25.4 Å². The number of para-hydroxylation sites is 1. The molecule has 2 rings (SSSR count). The lowest BCUT2D eigenvalue weighted by molar-refractivity contribution is 0.0768. The van der Waals surface area contributed by atoms with Gasteiger partial charge in [-0.1, -0.05) is 18.2 Å². The number of likely N-dealkylation sites (N-methyl/N-ethyl adjacent to an activating group) is 1. The summed E-state index contributed by atoms with van der Waals surface area (Å²) in [6, 6.07) is 9.52. The minimum absolute atomic E-state index is 0. The second kappa shape index (κ2) is 8.61. The first-order valence-electron chi connectivity index (χ1n) is 6.28. The number of hydrogen-bond acceptors (Lipinski definition) is 5. The van der Waals surface area contributed by atoms with Crippen molar-refractivity contribution in [3.63, 3.8) is 0 Å². The molecule has 1 aromatic heterocycles. The molecule has 0 radical (unpaired) electrons. The highest BCUT2D eigenvalue weighted by Crippen LogP contribution is 2.11. The van der Waals surface area contributed by atoms with Crippen molar-refractivity contribution in [2.75, 3.05) is 20.2 Å². The smallest absolute Gasteiger partial charge is 0.273 e. The standard InChI is InChI=1S/C14H17N3O2S.ClH/c1-17(7-8-19-11-5-3-2-4-6-11)14(18)12-10-20-13(9-15)16-12;/h2-6,10H,7-9,15H2,1H3;1H. The number of halogens is 1. The summed E-state index contributed by atoms with van der Waals surface area (Å²) in [5, 5.41) is 2.50. The molecule has 21 heavy (non-hydrogen) atoms. The Morgan fingerprint density at radius 3 is 2.71 bits per heavy atom. The number of carbonyl (C=O) groups is 1. The van der Waals surface area contributed by atoms with Crippen molar-refractivity contribution in [3.05, 3.63) is 46.4 Å². The maximum absolute atomic E-state index is 12.1.